The molecule has 0 heterocycles. The third-order valence-corrected chi connectivity index (χ3v) is 8.66. The summed E-state index contributed by atoms with van der Waals surface area (Å²) in [6.45, 7) is 3.57. The average Bonchev–Trinajstić information content (AvgIpc) is 2.89. The van der Waals surface area contributed by atoms with Crippen molar-refractivity contribution >= 4 is 11.8 Å². The molecule has 6 nitrogen and oxygen atoms in total. The Hall–Kier alpha value is -3.02. The van der Waals surface area contributed by atoms with Crippen molar-refractivity contribution in [2.45, 2.75) is 58.5 Å². The number of nitrogens with zero attached hydrogens (tertiary/aromatic N) is 1. The minimum absolute atomic E-state index is 0.0172. The lowest BCUT2D eigenvalue weighted by Gasteiger charge is -2.55. The lowest BCUT2D eigenvalue weighted by atomic mass is 9.49. The number of hydrogen-bond acceptors (Lipinski definition) is 4. The Morgan fingerprint density at radius 1 is 0.889 bits per heavy atom. The van der Waals surface area contributed by atoms with E-state index in [1.54, 1.807) is 14.2 Å². The van der Waals surface area contributed by atoms with Crippen molar-refractivity contribution in [2.24, 2.45) is 23.2 Å². The Bertz CT molecular complexity index is 1080. The molecule has 4 saturated carbocycles. The molecule has 0 radical (unpaired) electrons. The van der Waals surface area contributed by atoms with Crippen LogP contribution in [0.1, 0.15) is 66.9 Å². The molecule has 4 aliphatic carbocycles. The molecular weight excluding hydrogens is 452 g/mol. The van der Waals surface area contributed by atoms with Crippen molar-refractivity contribution in [3.8, 4) is 11.5 Å². The maximum absolute atomic E-state index is 13.2. The van der Waals surface area contributed by atoms with Crippen LogP contribution >= 0.6 is 0 Å². The summed E-state index contributed by atoms with van der Waals surface area (Å²) in [6.07, 6.45) is 7.23. The van der Waals surface area contributed by atoms with Crippen molar-refractivity contribution in [3.63, 3.8) is 0 Å². The van der Waals surface area contributed by atoms with Gasteiger partial charge in [-0.05, 0) is 98.6 Å². The number of nitrogens with one attached hydrogen (secondary N) is 1. The Balaban J connectivity index is 1.19. The van der Waals surface area contributed by atoms with Gasteiger partial charge in [-0.1, -0.05) is 18.2 Å². The van der Waals surface area contributed by atoms with Crippen LogP contribution < -0.4 is 14.8 Å². The van der Waals surface area contributed by atoms with Crippen LogP contribution in [-0.4, -0.2) is 37.5 Å². The van der Waals surface area contributed by atoms with Gasteiger partial charge in [-0.25, -0.2) is 0 Å². The van der Waals surface area contributed by atoms with Crippen LogP contribution in [0, 0.1) is 23.2 Å². The Labute approximate surface area is 214 Å². The zero-order valence-electron chi connectivity index (χ0n) is 21.7. The highest BCUT2D eigenvalue weighted by Crippen LogP contribution is 2.60. The normalized spacial score (nSPS) is 25.9. The molecule has 0 atom stereocenters. The van der Waals surface area contributed by atoms with E-state index in [2.05, 4.69) is 5.32 Å². The molecule has 36 heavy (non-hydrogen) atoms. The number of hydrogen-bond donors (Lipinski definition) is 1. The van der Waals surface area contributed by atoms with Gasteiger partial charge in [-0.15, -0.1) is 0 Å². The second kappa shape index (κ2) is 10.2. The second-order valence-corrected chi connectivity index (χ2v) is 11.1. The Kier molecular flexibility index (Phi) is 6.96. The molecule has 192 valence electrons. The molecule has 2 amide bonds. The predicted octanol–water partition coefficient (Wildman–Crippen LogP) is 5.20. The molecule has 2 aromatic rings. The van der Waals surface area contributed by atoms with Gasteiger partial charge in [0.1, 0.15) is 0 Å². The standard InChI is InChI=1S/C30H38N2O4/c1-4-32(19-21-7-10-26(35-2)27(14-21)36-3)28(33)25-8-5-20(6-9-25)18-31-29(34)30-15-22-11-23(16-30)13-24(12-22)17-30/h5-10,14,22-24H,4,11-13,15-19H2,1-3H3,(H,31,34). The average molecular weight is 491 g/mol. The van der Waals surface area contributed by atoms with Crippen molar-refractivity contribution in [3.05, 3.63) is 59.2 Å². The lowest BCUT2D eigenvalue weighted by Crippen LogP contribution is -2.53. The van der Waals surface area contributed by atoms with Gasteiger partial charge < -0.3 is 19.7 Å². The fourth-order valence-corrected chi connectivity index (χ4v) is 7.23. The Morgan fingerprint density at radius 3 is 2.03 bits per heavy atom. The maximum Gasteiger partial charge on any atom is 0.254 e. The monoisotopic (exact) mass is 490 g/mol. The number of ether oxygens (including phenoxy) is 2. The molecule has 0 saturated heterocycles. The number of carbonyl (C=O) groups excluding carboxylic acids is 2. The van der Waals surface area contributed by atoms with Crippen LogP contribution in [0.3, 0.4) is 0 Å². The van der Waals surface area contributed by atoms with Crippen molar-refractivity contribution in [1.82, 2.24) is 10.2 Å². The fraction of sp³-hybridized carbons (Fsp3) is 0.533. The molecule has 1 N–H and O–H groups in total. The van der Waals surface area contributed by atoms with E-state index in [4.69, 9.17) is 9.47 Å². The number of benzene rings is 2. The first-order chi connectivity index (χ1) is 17.4. The van der Waals surface area contributed by atoms with E-state index < -0.39 is 0 Å². The number of methoxy groups -OCH3 is 2. The number of carbonyl (C=O) groups is 2. The highest BCUT2D eigenvalue weighted by Gasteiger charge is 2.54. The van der Waals surface area contributed by atoms with Crippen LogP contribution in [0.25, 0.3) is 0 Å². The molecule has 0 unspecified atom stereocenters. The fourth-order valence-electron chi connectivity index (χ4n) is 7.23. The summed E-state index contributed by atoms with van der Waals surface area (Å²) >= 11 is 0. The van der Waals surface area contributed by atoms with Crippen LogP contribution in [0.2, 0.25) is 0 Å². The highest BCUT2D eigenvalue weighted by atomic mass is 16.5. The highest BCUT2D eigenvalue weighted by molar-refractivity contribution is 5.94. The van der Waals surface area contributed by atoms with E-state index in [0.29, 0.717) is 36.7 Å². The topological polar surface area (TPSA) is 67.9 Å². The molecule has 0 spiro atoms. The SMILES string of the molecule is CCN(Cc1ccc(OC)c(OC)c1)C(=O)c1ccc(CNC(=O)C23CC4CC(CC(C4)C2)C3)cc1. The van der Waals surface area contributed by atoms with Crippen molar-refractivity contribution in [1.29, 1.82) is 0 Å². The van der Waals surface area contributed by atoms with E-state index in [1.165, 1.54) is 19.3 Å². The van der Waals surface area contributed by atoms with Crippen LogP contribution in [0.15, 0.2) is 42.5 Å². The van der Waals surface area contributed by atoms with Crippen molar-refractivity contribution < 1.29 is 19.1 Å². The lowest BCUT2D eigenvalue weighted by molar-refractivity contribution is -0.146. The summed E-state index contributed by atoms with van der Waals surface area (Å²) in [5.41, 5.74) is 2.52. The van der Waals surface area contributed by atoms with E-state index in [1.807, 2.05) is 54.3 Å². The van der Waals surface area contributed by atoms with Gasteiger partial charge in [0.25, 0.3) is 5.91 Å². The molecule has 2 aromatic carbocycles. The summed E-state index contributed by atoms with van der Waals surface area (Å²) in [5, 5.41) is 3.24. The van der Waals surface area contributed by atoms with Crippen LogP contribution in [0.5, 0.6) is 11.5 Å². The molecular formula is C30H38N2O4. The smallest absolute Gasteiger partial charge is 0.254 e. The zero-order chi connectivity index (χ0) is 25.3. The van der Waals surface area contributed by atoms with E-state index in [0.717, 1.165) is 48.1 Å². The molecule has 0 aliphatic heterocycles. The summed E-state index contributed by atoms with van der Waals surface area (Å²) in [5.74, 6) is 3.82. The van der Waals surface area contributed by atoms with Gasteiger partial charge in [-0.2, -0.15) is 0 Å². The first-order valence-electron chi connectivity index (χ1n) is 13.3. The van der Waals surface area contributed by atoms with Gasteiger partial charge in [0.2, 0.25) is 5.91 Å². The second-order valence-electron chi connectivity index (χ2n) is 11.1. The summed E-state index contributed by atoms with van der Waals surface area (Å²) < 4.78 is 10.7. The van der Waals surface area contributed by atoms with E-state index in [9.17, 15) is 9.59 Å². The molecule has 6 heteroatoms. The van der Waals surface area contributed by atoms with Gasteiger partial charge >= 0.3 is 0 Å². The third-order valence-electron chi connectivity index (χ3n) is 8.66. The first-order valence-corrected chi connectivity index (χ1v) is 13.3. The molecule has 4 bridgehead atoms. The molecule has 0 aromatic heterocycles. The quantitative estimate of drug-likeness (QED) is 0.525. The summed E-state index contributed by atoms with van der Waals surface area (Å²) in [6, 6.07) is 13.4. The first kappa shape index (κ1) is 24.7. The number of amides is 2. The number of rotatable bonds is 9. The molecule has 6 rings (SSSR count). The van der Waals surface area contributed by atoms with Gasteiger partial charge in [-0.3, -0.25) is 9.59 Å². The van der Waals surface area contributed by atoms with E-state index >= 15 is 0 Å². The molecule has 4 aliphatic rings. The minimum atomic E-state index is -0.129. The van der Waals surface area contributed by atoms with Gasteiger partial charge in [0.15, 0.2) is 11.5 Å². The maximum atomic E-state index is 13.2. The third kappa shape index (κ3) is 4.82. The Morgan fingerprint density at radius 2 is 1.47 bits per heavy atom. The minimum Gasteiger partial charge on any atom is -0.493 e. The van der Waals surface area contributed by atoms with Gasteiger partial charge in [0, 0.05) is 30.6 Å². The van der Waals surface area contributed by atoms with Crippen LogP contribution in [-0.2, 0) is 17.9 Å². The molecule has 4 fully saturated rings. The predicted molar refractivity (Wildman–Crippen MR) is 139 cm³/mol. The van der Waals surface area contributed by atoms with Gasteiger partial charge in [0.05, 0.1) is 14.2 Å². The van der Waals surface area contributed by atoms with Crippen molar-refractivity contribution in [2.75, 3.05) is 20.8 Å². The largest absolute Gasteiger partial charge is 0.493 e. The summed E-state index contributed by atoms with van der Waals surface area (Å²) in [4.78, 5) is 28.2. The van der Waals surface area contributed by atoms with Crippen LogP contribution in [0.4, 0.5) is 0 Å². The summed E-state index contributed by atoms with van der Waals surface area (Å²) in [7, 11) is 3.22. The zero-order valence-corrected chi connectivity index (χ0v) is 21.7. The van der Waals surface area contributed by atoms with E-state index in [-0.39, 0.29) is 17.2 Å².